The van der Waals surface area contributed by atoms with Crippen molar-refractivity contribution in [2.24, 2.45) is 5.92 Å². The molecule has 2 aromatic rings. The van der Waals surface area contributed by atoms with E-state index in [2.05, 4.69) is 4.74 Å². The Labute approximate surface area is 141 Å². The number of halogens is 3. The van der Waals surface area contributed by atoms with Crippen LogP contribution in [-0.4, -0.2) is 23.4 Å². The summed E-state index contributed by atoms with van der Waals surface area (Å²) in [5, 5.41) is 24.1. The van der Waals surface area contributed by atoms with Gasteiger partial charge in [-0.15, -0.1) is 13.2 Å². The summed E-state index contributed by atoms with van der Waals surface area (Å²) in [6.45, 7) is 0. The van der Waals surface area contributed by atoms with Crippen LogP contribution < -0.4 is 10.1 Å². The van der Waals surface area contributed by atoms with Gasteiger partial charge in [0.2, 0.25) is 0 Å². The number of rotatable bonds is 4. The van der Waals surface area contributed by atoms with E-state index in [0.29, 0.717) is 17.7 Å². The van der Waals surface area contributed by atoms with E-state index < -0.39 is 12.5 Å². The molecule has 4 N–H and O–H groups in total. The minimum absolute atomic E-state index is 0.342. The van der Waals surface area contributed by atoms with E-state index >= 15 is 0 Å². The minimum Gasteiger partial charge on any atom is -0.406 e. The van der Waals surface area contributed by atoms with Gasteiger partial charge in [0.05, 0.1) is 12.0 Å². The van der Waals surface area contributed by atoms with Crippen LogP contribution in [-0.2, 0) is 6.42 Å². The highest BCUT2D eigenvalue weighted by molar-refractivity contribution is 6.03. The van der Waals surface area contributed by atoms with E-state index in [4.69, 9.17) is 10.8 Å². The average Bonchev–Trinajstić information content (AvgIpc) is 2.89. The molecule has 4 nitrogen and oxygen atoms in total. The Morgan fingerprint density at radius 2 is 1.88 bits per heavy atom. The first-order valence-corrected chi connectivity index (χ1v) is 7.58. The molecule has 25 heavy (non-hydrogen) atoms. The fourth-order valence-corrected chi connectivity index (χ4v) is 3.08. The van der Waals surface area contributed by atoms with Crippen LogP contribution in [0.1, 0.15) is 28.4 Å². The molecule has 0 heterocycles. The normalized spacial score (nSPS) is 17.9. The SMILES string of the molecule is N=Cc1ccc2c(c1)CC(C(O)c1ccc(OC(F)(F)F)cc1)C2=[NH2+]. The lowest BCUT2D eigenvalue weighted by atomic mass is 9.92. The molecule has 2 atom stereocenters. The number of alkyl halides is 3. The van der Waals surface area contributed by atoms with Crippen molar-refractivity contribution < 1.29 is 28.4 Å². The Balaban J connectivity index is 1.78. The third-order valence-electron chi connectivity index (χ3n) is 4.28. The van der Waals surface area contributed by atoms with Gasteiger partial charge in [0.1, 0.15) is 5.75 Å². The fourth-order valence-electron chi connectivity index (χ4n) is 3.08. The third kappa shape index (κ3) is 3.56. The largest absolute Gasteiger partial charge is 0.573 e. The summed E-state index contributed by atoms with van der Waals surface area (Å²) in [5.41, 5.74) is 3.53. The molecule has 1 aliphatic rings. The van der Waals surface area contributed by atoms with Gasteiger partial charge in [0.15, 0.2) is 5.71 Å². The van der Waals surface area contributed by atoms with Crippen LogP contribution in [0.2, 0.25) is 0 Å². The highest BCUT2D eigenvalue weighted by Crippen LogP contribution is 2.35. The maximum absolute atomic E-state index is 12.2. The molecule has 0 amide bonds. The highest BCUT2D eigenvalue weighted by atomic mass is 19.4. The number of aliphatic hydroxyl groups excluding tert-OH is 1. The number of benzene rings is 2. The van der Waals surface area contributed by atoms with E-state index in [9.17, 15) is 18.3 Å². The van der Waals surface area contributed by atoms with Crippen LogP contribution in [0.15, 0.2) is 42.5 Å². The van der Waals surface area contributed by atoms with Crippen LogP contribution in [0.25, 0.3) is 0 Å². The molecule has 0 spiro atoms. The van der Waals surface area contributed by atoms with Crippen molar-refractivity contribution in [1.29, 1.82) is 5.41 Å². The van der Waals surface area contributed by atoms with Crippen molar-refractivity contribution in [3.63, 3.8) is 0 Å². The first-order valence-electron chi connectivity index (χ1n) is 7.58. The number of fused-ring (bicyclic) bond motifs is 1. The standard InChI is InChI=1S/C18H15F3N2O2/c19-18(20,21)25-13-4-2-11(3-5-13)17(24)15-8-12-7-10(9-22)1-6-14(12)16(15)23/h1-7,9,15,17,22-24H,8H2/p+1. The Morgan fingerprint density at radius 1 is 1.20 bits per heavy atom. The number of hydrogen-bond donors (Lipinski definition) is 3. The minimum atomic E-state index is -4.75. The summed E-state index contributed by atoms with van der Waals surface area (Å²) >= 11 is 0. The van der Waals surface area contributed by atoms with Gasteiger partial charge in [-0.05, 0) is 47.4 Å². The van der Waals surface area contributed by atoms with Crippen molar-refractivity contribution in [2.75, 3.05) is 0 Å². The quantitative estimate of drug-likeness (QED) is 0.739. The fraction of sp³-hybridized carbons (Fsp3) is 0.222. The molecule has 0 fully saturated rings. The van der Waals surface area contributed by atoms with Gasteiger partial charge in [-0.25, -0.2) is 0 Å². The molecule has 0 aliphatic heterocycles. The molecule has 1 aliphatic carbocycles. The van der Waals surface area contributed by atoms with Gasteiger partial charge in [0, 0.05) is 11.8 Å². The second-order valence-electron chi connectivity index (χ2n) is 5.89. The van der Waals surface area contributed by atoms with Gasteiger partial charge in [-0.1, -0.05) is 18.2 Å². The number of ether oxygens (including phenoxy) is 1. The second-order valence-corrected chi connectivity index (χ2v) is 5.89. The first-order chi connectivity index (χ1) is 11.8. The average molecular weight is 349 g/mol. The van der Waals surface area contributed by atoms with Gasteiger partial charge < -0.3 is 15.3 Å². The van der Waals surface area contributed by atoms with Gasteiger partial charge in [-0.2, -0.15) is 0 Å². The summed E-state index contributed by atoms with van der Waals surface area (Å²) in [7, 11) is 0. The molecule has 0 aromatic heterocycles. The highest BCUT2D eigenvalue weighted by Gasteiger charge is 2.37. The first kappa shape index (κ1) is 17.2. The molecule has 0 radical (unpaired) electrons. The van der Waals surface area contributed by atoms with E-state index in [0.717, 1.165) is 28.8 Å². The third-order valence-corrected chi connectivity index (χ3v) is 4.28. The zero-order valence-corrected chi connectivity index (χ0v) is 13.0. The van der Waals surface area contributed by atoms with Gasteiger partial charge in [0.25, 0.3) is 0 Å². The van der Waals surface area contributed by atoms with E-state index in [-0.39, 0.29) is 11.7 Å². The van der Waals surface area contributed by atoms with Crippen molar-refractivity contribution in [2.45, 2.75) is 18.9 Å². The monoisotopic (exact) mass is 349 g/mol. The summed E-state index contributed by atoms with van der Waals surface area (Å²) in [5.74, 6) is -0.712. The topological polar surface area (TPSA) is 78.9 Å². The summed E-state index contributed by atoms with van der Waals surface area (Å²) < 4.78 is 40.4. The van der Waals surface area contributed by atoms with Crippen LogP contribution in [0.3, 0.4) is 0 Å². The van der Waals surface area contributed by atoms with E-state index in [1.54, 1.807) is 6.07 Å². The maximum atomic E-state index is 12.2. The molecule has 0 saturated heterocycles. The summed E-state index contributed by atoms with van der Waals surface area (Å²) in [6.07, 6.45) is -3.96. The summed E-state index contributed by atoms with van der Waals surface area (Å²) in [6, 6.07) is 10.6. The van der Waals surface area contributed by atoms with Crippen LogP contribution in [0, 0.1) is 11.3 Å². The van der Waals surface area contributed by atoms with Crippen LogP contribution in [0.4, 0.5) is 13.2 Å². The zero-order valence-electron chi connectivity index (χ0n) is 13.0. The van der Waals surface area contributed by atoms with Crippen LogP contribution >= 0.6 is 0 Å². The molecular weight excluding hydrogens is 333 g/mol. The van der Waals surface area contributed by atoms with Gasteiger partial charge in [-0.3, -0.25) is 5.41 Å². The number of nitrogens with one attached hydrogen (secondary N) is 1. The van der Waals surface area contributed by atoms with E-state index in [1.165, 1.54) is 18.3 Å². The smallest absolute Gasteiger partial charge is 0.406 e. The number of nitrogens with two attached hydrogens (primary N) is 1. The Morgan fingerprint density at radius 3 is 2.48 bits per heavy atom. The summed E-state index contributed by atoms with van der Waals surface area (Å²) in [4.78, 5) is 0. The molecular formula is C18H16F3N2O2+. The number of hydrogen-bond acceptors (Lipinski definition) is 3. The lowest BCUT2D eigenvalue weighted by molar-refractivity contribution is -0.274. The Bertz CT molecular complexity index is 816. The molecule has 130 valence electrons. The Kier molecular flexibility index (Phi) is 4.34. The molecule has 2 unspecified atom stereocenters. The Hall–Kier alpha value is -2.67. The number of aliphatic hydroxyl groups is 1. The van der Waals surface area contributed by atoms with Crippen LogP contribution in [0.5, 0.6) is 5.75 Å². The maximum Gasteiger partial charge on any atom is 0.573 e. The van der Waals surface area contributed by atoms with Crippen molar-refractivity contribution >= 4 is 11.9 Å². The van der Waals surface area contributed by atoms with Crippen molar-refractivity contribution in [3.8, 4) is 5.75 Å². The predicted molar refractivity (Wildman–Crippen MR) is 85.6 cm³/mol. The lowest BCUT2D eigenvalue weighted by Gasteiger charge is -2.17. The van der Waals surface area contributed by atoms with Gasteiger partial charge >= 0.3 is 6.36 Å². The second kappa shape index (κ2) is 6.33. The van der Waals surface area contributed by atoms with Crippen molar-refractivity contribution in [1.82, 2.24) is 0 Å². The van der Waals surface area contributed by atoms with Crippen molar-refractivity contribution in [3.05, 3.63) is 64.7 Å². The molecule has 7 heteroatoms. The molecule has 3 rings (SSSR count). The molecule has 0 bridgehead atoms. The predicted octanol–water partition coefficient (Wildman–Crippen LogP) is 2.04. The molecule has 2 aromatic carbocycles. The lowest BCUT2D eigenvalue weighted by Crippen LogP contribution is -2.44. The van der Waals surface area contributed by atoms with E-state index in [1.807, 2.05) is 12.1 Å². The zero-order chi connectivity index (χ0) is 18.2. The molecule has 0 saturated carbocycles.